The van der Waals surface area contributed by atoms with E-state index in [4.69, 9.17) is 4.74 Å². The average Bonchev–Trinajstić information content (AvgIpc) is 3.02. The van der Waals surface area contributed by atoms with Gasteiger partial charge in [-0.25, -0.2) is 4.79 Å². The van der Waals surface area contributed by atoms with Crippen molar-refractivity contribution in [2.75, 3.05) is 7.11 Å². The number of rotatable bonds is 3. The topological polar surface area (TPSA) is 31.2 Å². The number of aromatic nitrogens is 1. The quantitative estimate of drug-likeness (QED) is 0.436. The van der Waals surface area contributed by atoms with E-state index >= 15 is 0 Å². The van der Waals surface area contributed by atoms with Crippen molar-refractivity contribution >= 4 is 43.6 Å². The lowest BCUT2D eigenvalue weighted by Gasteiger charge is -2.13. The molecule has 0 aliphatic carbocycles. The van der Waals surface area contributed by atoms with Gasteiger partial charge in [-0.15, -0.1) is 0 Å². The number of carbonyl (C=O) groups excluding carboxylic acids is 1. The maximum Gasteiger partial charge on any atom is 0.354 e. The fraction of sp³-hybridized carbons (Fsp3) is 0.0952. The normalized spacial score (nSPS) is 11.1. The molecule has 0 aliphatic heterocycles. The molecule has 0 bridgehead atoms. The summed E-state index contributed by atoms with van der Waals surface area (Å²) in [6, 6.07) is 22.3. The fourth-order valence-corrected chi connectivity index (χ4v) is 3.77. The largest absolute Gasteiger partial charge is 0.464 e. The zero-order valence-corrected chi connectivity index (χ0v) is 15.3. The van der Waals surface area contributed by atoms with E-state index in [9.17, 15) is 4.79 Å². The second kappa shape index (κ2) is 6.37. The minimum Gasteiger partial charge on any atom is -0.464 e. The van der Waals surface area contributed by atoms with Crippen LogP contribution < -0.4 is 0 Å². The monoisotopic (exact) mass is 393 g/mol. The van der Waals surface area contributed by atoms with Gasteiger partial charge in [0.2, 0.25) is 0 Å². The molecule has 0 saturated carbocycles. The summed E-state index contributed by atoms with van der Waals surface area (Å²) in [7, 11) is 1.42. The summed E-state index contributed by atoms with van der Waals surface area (Å²) in [4.78, 5) is 12.3. The van der Waals surface area contributed by atoms with Crippen LogP contribution in [0.15, 0.2) is 71.2 Å². The molecule has 0 aliphatic rings. The standard InChI is InChI=1S/C21H16BrNO2/c1-25-21(24)20-12-14-6-2-5-9-19(14)23(20)13-15-10-11-18(22)17-8-4-3-7-16(15)17/h2-12H,13H2,1H3. The Morgan fingerprint density at radius 2 is 1.72 bits per heavy atom. The molecular formula is C21H16BrNO2. The van der Waals surface area contributed by atoms with E-state index in [1.165, 1.54) is 12.5 Å². The van der Waals surface area contributed by atoms with Crippen molar-refractivity contribution in [1.29, 1.82) is 0 Å². The van der Waals surface area contributed by atoms with E-state index in [0.717, 1.165) is 26.3 Å². The van der Waals surface area contributed by atoms with Gasteiger partial charge >= 0.3 is 5.97 Å². The van der Waals surface area contributed by atoms with Gasteiger partial charge in [0.25, 0.3) is 0 Å². The molecule has 0 radical (unpaired) electrons. The van der Waals surface area contributed by atoms with Crippen molar-refractivity contribution in [2.24, 2.45) is 0 Å². The number of fused-ring (bicyclic) bond motifs is 2. The SMILES string of the molecule is COC(=O)c1cc2ccccc2n1Cc1ccc(Br)c2ccccc12. The molecule has 0 N–H and O–H groups in total. The molecule has 4 heteroatoms. The molecule has 4 aromatic rings. The molecule has 0 spiro atoms. The Kier molecular flexibility index (Phi) is 4.06. The Hall–Kier alpha value is -2.59. The Labute approximate surface area is 154 Å². The van der Waals surface area contributed by atoms with E-state index in [-0.39, 0.29) is 5.97 Å². The number of esters is 1. The van der Waals surface area contributed by atoms with Gasteiger partial charge in [-0.2, -0.15) is 0 Å². The number of halogens is 1. The highest BCUT2D eigenvalue weighted by Crippen LogP contribution is 2.29. The van der Waals surface area contributed by atoms with Gasteiger partial charge in [0, 0.05) is 21.9 Å². The third-order valence-corrected chi connectivity index (χ3v) is 5.19. The van der Waals surface area contributed by atoms with Crippen LogP contribution in [0.4, 0.5) is 0 Å². The van der Waals surface area contributed by atoms with Gasteiger partial charge in [0.15, 0.2) is 0 Å². The van der Waals surface area contributed by atoms with Crippen LogP contribution in [0.1, 0.15) is 16.1 Å². The van der Waals surface area contributed by atoms with E-state index in [1.54, 1.807) is 0 Å². The summed E-state index contributed by atoms with van der Waals surface area (Å²) in [5, 5.41) is 3.37. The molecule has 0 unspecified atom stereocenters. The summed E-state index contributed by atoms with van der Waals surface area (Å²) < 4.78 is 8.08. The molecule has 4 rings (SSSR count). The summed E-state index contributed by atoms with van der Waals surface area (Å²) in [6.07, 6.45) is 0. The molecule has 0 amide bonds. The van der Waals surface area contributed by atoms with E-state index in [2.05, 4.69) is 40.2 Å². The van der Waals surface area contributed by atoms with Crippen LogP contribution in [-0.4, -0.2) is 17.6 Å². The minimum absolute atomic E-state index is 0.322. The molecule has 3 nitrogen and oxygen atoms in total. The summed E-state index contributed by atoms with van der Waals surface area (Å²) in [6.45, 7) is 0.603. The van der Waals surface area contributed by atoms with Crippen molar-refractivity contribution in [2.45, 2.75) is 6.54 Å². The number of methoxy groups -OCH3 is 1. The van der Waals surface area contributed by atoms with Crippen LogP contribution in [0, 0.1) is 0 Å². The number of hydrogen-bond donors (Lipinski definition) is 0. The number of ether oxygens (including phenoxy) is 1. The fourth-order valence-electron chi connectivity index (χ4n) is 3.29. The van der Waals surface area contributed by atoms with Gasteiger partial charge in [0.05, 0.1) is 7.11 Å². The van der Waals surface area contributed by atoms with E-state index in [1.807, 2.05) is 47.0 Å². The van der Waals surface area contributed by atoms with Crippen LogP contribution in [0.25, 0.3) is 21.7 Å². The number of nitrogens with zero attached hydrogens (tertiary/aromatic N) is 1. The first kappa shape index (κ1) is 15.9. The second-order valence-corrected chi connectivity index (χ2v) is 6.77. The zero-order valence-electron chi connectivity index (χ0n) is 13.7. The number of carbonyl (C=O) groups is 1. The predicted octanol–water partition coefficient (Wildman–Crippen LogP) is 5.39. The molecule has 1 aromatic heterocycles. The zero-order chi connectivity index (χ0) is 17.4. The van der Waals surface area contributed by atoms with Crippen LogP contribution >= 0.6 is 15.9 Å². The van der Waals surface area contributed by atoms with Crippen molar-refractivity contribution in [3.8, 4) is 0 Å². The molecule has 0 saturated heterocycles. The smallest absolute Gasteiger partial charge is 0.354 e. The molecule has 0 atom stereocenters. The average molecular weight is 394 g/mol. The molecule has 124 valence electrons. The van der Waals surface area contributed by atoms with Gasteiger partial charge in [-0.3, -0.25) is 0 Å². The highest BCUT2D eigenvalue weighted by molar-refractivity contribution is 9.10. The van der Waals surface area contributed by atoms with E-state index < -0.39 is 0 Å². The van der Waals surface area contributed by atoms with Crippen LogP contribution in [0.5, 0.6) is 0 Å². The Balaban J connectivity index is 1.92. The van der Waals surface area contributed by atoms with Gasteiger partial charge in [-0.05, 0) is 34.5 Å². The van der Waals surface area contributed by atoms with Gasteiger partial charge in [0.1, 0.15) is 5.69 Å². The first-order valence-corrected chi connectivity index (χ1v) is 8.81. The highest BCUT2D eigenvalue weighted by atomic mass is 79.9. The summed E-state index contributed by atoms with van der Waals surface area (Å²) in [5.41, 5.74) is 2.75. The third-order valence-electron chi connectivity index (χ3n) is 4.49. The van der Waals surface area contributed by atoms with Crippen LogP contribution in [-0.2, 0) is 11.3 Å². The molecule has 0 fully saturated rings. The maximum absolute atomic E-state index is 12.3. The summed E-state index contributed by atoms with van der Waals surface area (Å²) >= 11 is 3.62. The number of para-hydroxylation sites is 1. The Morgan fingerprint density at radius 1 is 1.00 bits per heavy atom. The Bertz CT molecular complexity index is 1100. The lowest BCUT2D eigenvalue weighted by atomic mass is 10.0. The van der Waals surface area contributed by atoms with Gasteiger partial charge in [-0.1, -0.05) is 64.5 Å². The second-order valence-electron chi connectivity index (χ2n) is 5.92. The van der Waals surface area contributed by atoms with Crippen molar-refractivity contribution < 1.29 is 9.53 Å². The maximum atomic E-state index is 12.3. The molecule has 3 aromatic carbocycles. The van der Waals surface area contributed by atoms with Crippen molar-refractivity contribution in [3.63, 3.8) is 0 Å². The number of hydrogen-bond acceptors (Lipinski definition) is 2. The molecule has 25 heavy (non-hydrogen) atoms. The summed E-state index contributed by atoms with van der Waals surface area (Å²) in [5.74, 6) is -0.322. The van der Waals surface area contributed by atoms with Crippen molar-refractivity contribution in [1.82, 2.24) is 4.57 Å². The minimum atomic E-state index is -0.322. The third kappa shape index (κ3) is 2.72. The lowest BCUT2D eigenvalue weighted by Crippen LogP contribution is -2.11. The number of benzene rings is 3. The van der Waals surface area contributed by atoms with Crippen molar-refractivity contribution in [3.05, 3.63) is 82.5 Å². The highest BCUT2D eigenvalue weighted by Gasteiger charge is 2.17. The molecule has 1 heterocycles. The molecular weight excluding hydrogens is 378 g/mol. The van der Waals surface area contributed by atoms with Gasteiger partial charge < -0.3 is 9.30 Å². The van der Waals surface area contributed by atoms with E-state index in [0.29, 0.717) is 12.2 Å². The van der Waals surface area contributed by atoms with Crippen LogP contribution in [0.2, 0.25) is 0 Å². The Morgan fingerprint density at radius 3 is 2.52 bits per heavy atom. The predicted molar refractivity (Wildman–Crippen MR) is 104 cm³/mol. The van der Waals surface area contributed by atoms with Crippen LogP contribution in [0.3, 0.4) is 0 Å². The first-order chi connectivity index (χ1) is 12.2. The first-order valence-electron chi connectivity index (χ1n) is 8.02. The lowest BCUT2D eigenvalue weighted by molar-refractivity contribution is 0.0589.